The number of sulfonamides is 1. The summed E-state index contributed by atoms with van der Waals surface area (Å²) in [5.74, 6) is -0.723. The molecule has 0 heterocycles. The summed E-state index contributed by atoms with van der Waals surface area (Å²) in [7, 11) is -3.72. The normalized spacial score (nSPS) is 13.2. The van der Waals surface area contributed by atoms with Gasteiger partial charge in [-0.15, -0.1) is 0 Å². The Kier molecular flexibility index (Phi) is 9.05. The average molecular weight is 474 g/mol. The number of benzene rings is 2. The summed E-state index contributed by atoms with van der Waals surface area (Å²) < 4.78 is 26.1. The summed E-state index contributed by atoms with van der Waals surface area (Å²) in [6, 6.07) is 13.8. The molecule has 2 atom stereocenters. The van der Waals surface area contributed by atoms with E-state index in [0.717, 1.165) is 33.7 Å². The van der Waals surface area contributed by atoms with Crippen molar-refractivity contribution in [2.45, 2.75) is 59.7 Å². The standard InChI is InChI=1S/C25H35N3O4S/c1-7-20(4)26-25(30)21(5)27(16-22-12-8-18(2)9-13-22)24(29)17-28(33(6,31)32)23-14-10-19(3)11-15-23/h8-15,20-21H,7,16-17H2,1-6H3,(H,26,30)/t20-,21-/m1/s1. The molecule has 0 aliphatic rings. The Morgan fingerprint density at radius 1 is 0.939 bits per heavy atom. The predicted octanol–water partition coefficient (Wildman–Crippen LogP) is 3.40. The Labute approximate surface area is 197 Å². The molecule has 2 aromatic rings. The number of hydrogen-bond donors (Lipinski definition) is 1. The van der Waals surface area contributed by atoms with E-state index in [9.17, 15) is 18.0 Å². The van der Waals surface area contributed by atoms with Gasteiger partial charge in [0.1, 0.15) is 12.6 Å². The molecule has 0 spiro atoms. The third-order valence-electron chi connectivity index (χ3n) is 5.64. The molecule has 2 rings (SSSR count). The zero-order chi connectivity index (χ0) is 24.8. The molecular formula is C25H35N3O4S. The number of rotatable bonds is 10. The fourth-order valence-electron chi connectivity index (χ4n) is 3.26. The van der Waals surface area contributed by atoms with Crippen molar-refractivity contribution in [3.05, 3.63) is 65.2 Å². The van der Waals surface area contributed by atoms with Crippen molar-refractivity contribution in [1.82, 2.24) is 10.2 Å². The lowest BCUT2D eigenvalue weighted by Gasteiger charge is -2.32. The Bertz CT molecular complexity index is 1050. The van der Waals surface area contributed by atoms with E-state index in [1.807, 2.05) is 52.0 Å². The van der Waals surface area contributed by atoms with Crippen molar-refractivity contribution >= 4 is 27.5 Å². The Balaban J connectivity index is 2.36. The Morgan fingerprint density at radius 3 is 1.94 bits per heavy atom. The highest BCUT2D eigenvalue weighted by Crippen LogP contribution is 2.20. The lowest BCUT2D eigenvalue weighted by molar-refractivity contribution is -0.139. The number of carbonyl (C=O) groups excluding carboxylic acids is 2. The molecule has 2 amide bonds. The first-order valence-corrected chi connectivity index (χ1v) is 13.0. The molecular weight excluding hydrogens is 438 g/mol. The van der Waals surface area contributed by atoms with Crippen LogP contribution in [-0.4, -0.2) is 50.0 Å². The third kappa shape index (κ3) is 7.60. The summed E-state index contributed by atoms with van der Waals surface area (Å²) in [4.78, 5) is 27.7. The molecule has 0 fully saturated rings. The lowest BCUT2D eigenvalue weighted by atomic mass is 10.1. The van der Waals surface area contributed by atoms with Gasteiger partial charge in [-0.25, -0.2) is 8.42 Å². The van der Waals surface area contributed by atoms with Crippen LogP contribution in [0.4, 0.5) is 5.69 Å². The van der Waals surface area contributed by atoms with Crippen LogP contribution in [0, 0.1) is 13.8 Å². The lowest BCUT2D eigenvalue weighted by Crippen LogP contribution is -2.52. The van der Waals surface area contributed by atoms with E-state index in [-0.39, 0.29) is 18.5 Å². The second-order valence-corrected chi connectivity index (χ2v) is 10.5. The quantitative estimate of drug-likeness (QED) is 0.573. The Morgan fingerprint density at radius 2 is 1.45 bits per heavy atom. The van der Waals surface area contributed by atoms with E-state index in [2.05, 4.69) is 5.32 Å². The molecule has 0 unspecified atom stereocenters. The fourth-order valence-corrected chi connectivity index (χ4v) is 4.11. The summed E-state index contributed by atoms with van der Waals surface area (Å²) in [6.45, 7) is 9.21. The maximum Gasteiger partial charge on any atom is 0.244 e. The van der Waals surface area contributed by atoms with Gasteiger partial charge in [0.05, 0.1) is 11.9 Å². The third-order valence-corrected chi connectivity index (χ3v) is 6.78. The number of nitrogens with zero attached hydrogens (tertiary/aromatic N) is 2. The molecule has 0 aliphatic carbocycles. The number of aryl methyl sites for hydroxylation is 2. The van der Waals surface area contributed by atoms with E-state index in [1.165, 1.54) is 4.90 Å². The van der Waals surface area contributed by atoms with Crippen LogP contribution in [0.5, 0.6) is 0 Å². The molecule has 0 aliphatic heterocycles. The fraction of sp³-hybridized carbons (Fsp3) is 0.440. The van der Waals surface area contributed by atoms with E-state index < -0.39 is 28.5 Å². The van der Waals surface area contributed by atoms with Gasteiger partial charge >= 0.3 is 0 Å². The number of nitrogens with one attached hydrogen (secondary N) is 1. The maximum absolute atomic E-state index is 13.5. The monoisotopic (exact) mass is 473 g/mol. The van der Waals surface area contributed by atoms with Gasteiger partial charge in [-0.1, -0.05) is 54.4 Å². The van der Waals surface area contributed by atoms with Gasteiger partial charge in [-0.05, 0) is 51.8 Å². The molecule has 0 saturated carbocycles. The van der Waals surface area contributed by atoms with Gasteiger partial charge in [0.2, 0.25) is 21.8 Å². The summed E-state index contributed by atoms with van der Waals surface area (Å²) >= 11 is 0. The Hall–Kier alpha value is -2.87. The van der Waals surface area contributed by atoms with Crippen molar-refractivity contribution in [3.63, 3.8) is 0 Å². The molecule has 1 N–H and O–H groups in total. The van der Waals surface area contributed by atoms with E-state index in [0.29, 0.717) is 5.69 Å². The van der Waals surface area contributed by atoms with Crippen LogP contribution >= 0.6 is 0 Å². The van der Waals surface area contributed by atoms with E-state index in [4.69, 9.17) is 0 Å². The minimum absolute atomic E-state index is 0.0312. The number of anilines is 1. The second-order valence-electron chi connectivity index (χ2n) is 8.61. The van der Waals surface area contributed by atoms with Crippen LogP contribution in [0.1, 0.15) is 43.9 Å². The first-order valence-electron chi connectivity index (χ1n) is 11.1. The molecule has 8 heteroatoms. The number of carbonyl (C=O) groups is 2. The van der Waals surface area contributed by atoms with Crippen molar-refractivity contribution in [2.75, 3.05) is 17.1 Å². The van der Waals surface area contributed by atoms with Crippen molar-refractivity contribution in [2.24, 2.45) is 0 Å². The topological polar surface area (TPSA) is 86.8 Å². The van der Waals surface area contributed by atoms with E-state index >= 15 is 0 Å². The van der Waals surface area contributed by atoms with Crippen molar-refractivity contribution in [1.29, 1.82) is 0 Å². The zero-order valence-electron chi connectivity index (χ0n) is 20.3. The predicted molar refractivity (Wildman–Crippen MR) is 132 cm³/mol. The summed E-state index contributed by atoms with van der Waals surface area (Å²) in [5, 5.41) is 2.92. The molecule has 0 saturated heterocycles. The van der Waals surface area contributed by atoms with Crippen LogP contribution < -0.4 is 9.62 Å². The van der Waals surface area contributed by atoms with Gasteiger partial charge in [-0.2, -0.15) is 0 Å². The molecule has 33 heavy (non-hydrogen) atoms. The largest absolute Gasteiger partial charge is 0.352 e. The highest BCUT2D eigenvalue weighted by Gasteiger charge is 2.30. The number of hydrogen-bond acceptors (Lipinski definition) is 4. The number of amides is 2. The van der Waals surface area contributed by atoms with Gasteiger partial charge in [0.15, 0.2) is 0 Å². The van der Waals surface area contributed by atoms with Crippen LogP contribution in [0.15, 0.2) is 48.5 Å². The van der Waals surface area contributed by atoms with Crippen LogP contribution in [0.3, 0.4) is 0 Å². The van der Waals surface area contributed by atoms with Crippen LogP contribution in [0.2, 0.25) is 0 Å². The summed E-state index contributed by atoms with van der Waals surface area (Å²) in [6.07, 6.45) is 1.84. The van der Waals surface area contributed by atoms with Gasteiger partial charge in [-0.3, -0.25) is 13.9 Å². The minimum atomic E-state index is -3.72. The van der Waals surface area contributed by atoms with Crippen molar-refractivity contribution in [3.8, 4) is 0 Å². The smallest absolute Gasteiger partial charge is 0.244 e. The van der Waals surface area contributed by atoms with Crippen LogP contribution in [-0.2, 0) is 26.2 Å². The van der Waals surface area contributed by atoms with Crippen molar-refractivity contribution < 1.29 is 18.0 Å². The van der Waals surface area contributed by atoms with Gasteiger partial charge in [0.25, 0.3) is 0 Å². The maximum atomic E-state index is 13.5. The SMILES string of the molecule is CC[C@@H](C)NC(=O)[C@@H](C)N(Cc1ccc(C)cc1)C(=O)CN(c1ccc(C)cc1)S(C)(=O)=O. The minimum Gasteiger partial charge on any atom is -0.352 e. The molecule has 0 bridgehead atoms. The first-order chi connectivity index (χ1) is 15.4. The van der Waals surface area contributed by atoms with Gasteiger partial charge < -0.3 is 10.2 Å². The average Bonchev–Trinajstić information content (AvgIpc) is 2.76. The molecule has 0 radical (unpaired) electrons. The first kappa shape index (κ1) is 26.4. The molecule has 0 aromatic heterocycles. The van der Waals surface area contributed by atoms with Crippen LogP contribution in [0.25, 0.3) is 0 Å². The molecule has 7 nitrogen and oxygen atoms in total. The highest BCUT2D eigenvalue weighted by molar-refractivity contribution is 7.92. The molecule has 180 valence electrons. The zero-order valence-corrected chi connectivity index (χ0v) is 21.1. The van der Waals surface area contributed by atoms with Gasteiger partial charge in [0, 0.05) is 12.6 Å². The molecule has 2 aromatic carbocycles. The highest BCUT2D eigenvalue weighted by atomic mass is 32.2. The summed E-state index contributed by atoms with van der Waals surface area (Å²) in [5.41, 5.74) is 3.33. The second kappa shape index (κ2) is 11.3. The van der Waals surface area contributed by atoms with E-state index in [1.54, 1.807) is 31.2 Å².